The van der Waals surface area contributed by atoms with Gasteiger partial charge in [0, 0.05) is 12.1 Å². The molecule has 1 heterocycles. The topological polar surface area (TPSA) is 68.5 Å². The number of carbonyl (C=O) groups excluding carboxylic acids is 2. The Bertz CT molecular complexity index is 388. The number of alkyl halides is 1. The van der Waals surface area contributed by atoms with Crippen molar-refractivity contribution in [2.75, 3.05) is 13.7 Å². The number of hydrogen-bond donors (Lipinski definition) is 1. The maximum atomic E-state index is 11.6. The molecule has 1 aromatic heterocycles. The summed E-state index contributed by atoms with van der Waals surface area (Å²) in [6.45, 7) is 1.91. The van der Waals surface area contributed by atoms with Crippen molar-refractivity contribution >= 4 is 27.8 Å². The lowest BCUT2D eigenvalue weighted by Crippen LogP contribution is -2.34. The molecule has 1 rings (SSSR count). The lowest BCUT2D eigenvalue weighted by molar-refractivity contribution is -0.139. The van der Waals surface area contributed by atoms with Crippen molar-refractivity contribution in [1.82, 2.24) is 5.32 Å². The summed E-state index contributed by atoms with van der Waals surface area (Å²) in [7, 11) is 1.29. The van der Waals surface area contributed by atoms with Crippen LogP contribution in [0.2, 0.25) is 0 Å². The number of halogens is 1. The van der Waals surface area contributed by atoms with Gasteiger partial charge >= 0.3 is 5.97 Å². The maximum absolute atomic E-state index is 11.6. The summed E-state index contributed by atoms with van der Waals surface area (Å²) in [5.74, 6) is -0.531. The Hall–Kier alpha value is -1.30. The van der Waals surface area contributed by atoms with Crippen LogP contribution in [0.3, 0.4) is 0 Å². The van der Waals surface area contributed by atoms with E-state index in [1.54, 1.807) is 13.0 Å². The average Bonchev–Trinajstić information content (AvgIpc) is 2.70. The summed E-state index contributed by atoms with van der Waals surface area (Å²) in [5, 5.41) is 2.56. The van der Waals surface area contributed by atoms with Gasteiger partial charge in [-0.15, -0.1) is 0 Å². The fraction of sp³-hybridized carbons (Fsp3) is 0.400. The molecular weight excluding hydrogens is 278 g/mol. The first-order valence-corrected chi connectivity index (χ1v) is 5.52. The predicted octanol–water partition coefficient (Wildman–Crippen LogP) is 1.25. The molecule has 0 fully saturated rings. The van der Waals surface area contributed by atoms with Gasteiger partial charge in [-0.2, -0.15) is 0 Å². The van der Waals surface area contributed by atoms with E-state index in [1.807, 2.05) is 0 Å². The van der Waals surface area contributed by atoms with Gasteiger partial charge in [0.25, 0.3) is 5.91 Å². The van der Waals surface area contributed by atoms with Gasteiger partial charge in [-0.3, -0.25) is 9.59 Å². The third-order valence-electron chi connectivity index (χ3n) is 1.97. The van der Waals surface area contributed by atoms with Gasteiger partial charge in [0.05, 0.1) is 13.4 Å². The van der Waals surface area contributed by atoms with E-state index in [0.29, 0.717) is 0 Å². The minimum atomic E-state index is -0.559. The number of esters is 1. The predicted molar refractivity (Wildman–Crippen MR) is 60.5 cm³/mol. The van der Waals surface area contributed by atoms with Gasteiger partial charge in [0.2, 0.25) is 0 Å². The Morgan fingerprint density at radius 3 is 2.81 bits per heavy atom. The molecule has 88 valence electrons. The second kappa shape index (κ2) is 5.69. The van der Waals surface area contributed by atoms with Crippen molar-refractivity contribution in [1.29, 1.82) is 0 Å². The average molecular weight is 290 g/mol. The van der Waals surface area contributed by atoms with Crippen molar-refractivity contribution in [2.24, 2.45) is 0 Å². The molecule has 0 bridgehead atoms. The minimum Gasteiger partial charge on any atom is -0.468 e. The van der Waals surface area contributed by atoms with Gasteiger partial charge in [-0.1, -0.05) is 15.9 Å². The third-order valence-corrected chi connectivity index (χ3v) is 2.66. The van der Waals surface area contributed by atoms with Gasteiger partial charge in [-0.05, 0) is 13.0 Å². The fourth-order valence-corrected chi connectivity index (χ4v) is 1.43. The van der Waals surface area contributed by atoms with Crippen LogP contribution in [0.4, 0.5) is 0 Å². The minimum absolute atomic E-state index is 0.144. The molecule has 0 aromatic carbocycles. The van der Waals surface area contributed by atoms with Crippen molar-refractivity contribution in [3.63, 3.8) is 0 Å². The van der Waals surface area contributed by atoms with E-state index < -0.39 is 10.8 Å². The molecule has 0 aliphatic carbocycles. The summed E-state index contributed by atoms with van der Waals surface area (Å²) in [6.07, 6.45) is 1.44. The number of nitrogens with one attached hydrogen (secondary N) is 1. The molecular formula is C10H12BrNO4. The van der Waals surface area contributed by atoms with Crippen molar-refractivity contribution in [2.45, 2.75) is 11.8 Å². The molecule has 0 saturated carbocycles. The van der Waals surface area contributed by atoms with Gasteiger partial charge in [0.15, 0.2) is 5.76 Å². The zero-order valence-corrected chi connectivity index (χ0v) is 10.5. The third kappa shape index (κ3) is 3.10. The summed E-state index contributed by atoms with van der Waals surface area (Å²) in [5.41, 5.74) is 0.752. The summed E-state index contributed by atoms with van der Waals surface area (Å²) >= 11 is 3.09. The smallest absolute Gasteiger partial charge is 0.321 e. The molecule has 0 saturated heterocycles. The van der Waals surface area contributed by atoms with Crippen molar-refractivity contribution in [3.05, 3.63) is 23.7 Å². The number of ether oxygens (including phenoxy) is 1. The second-order valence-electron chi connectivity index (χ2n) is 3.13. The zero-order chi connectivity index (χ0) is 12.1. The molecule has 16 heavy (non-hydrogen) atoms. The number of amides is 1. The first-order valence-electron chi connectivity index (χ1n) is 4.60. The standard InChI is InChI=1S/C10H12BrNO4/c1-6-3-4-16-8(6)9(13)12-5-7(11)10(14)15-2/h3-4,7H,5H2,1-2H3,(H,12,13). The first kappa shape index (κ1) is 12.8. The molecule has 0 aliphatic rings. The number of hydrogen-bond acceptors (Lipinski definition) is 4. The molecule has 0 radical (unpaired) electrons. The number of rotatable bonds is 4. The Balaban J connectivity index is 2.48. The normalized spacial score (nSPS) is 11.9. The lowest BCUT2D eigenvalue weighted by atomic mass is 10.2. The van der Waals surface area contributed by atoms with Crippen LogP contribution in [-0.4, -0.2) is 30.4 Å². The van der Waals surface area contributed by atoms with Crippen LogP contribution < -0.4 is 5.32 Å². The highest BCUT2D eigenvalue weighted by Crippen LogP contribution is 2.08. The molecule has 1 aromatic rings. The highest BCUT2D eigenvalue weighted by Gasteiger charge is 2.18. The van der Waals surface area contributed by atoms with Crippen LogP contribution >= 0.6 is 15.9 Å². The summed E-state index contributed by atoms with van der Waals surface area (Å²) in [6, 6.07) is 1.70. The number of methoxy groups -OCH3 is 1. The number of aryl methyl sites for hydroxylation is 1. The van der Waals surface area contributed by atoms with Crippen molar-refractivity contribution < 1.29 is 18.7 Å². The van der Waals surface area contributed by atoms with Gasteiger partial charge in [-0.25, -0.2) is 0 Å². The Morgan fingerprint density at radius 2 is 2.31 bits per heavy atom. The zero-order valence-electron chi connectivity index (χ0n) is 8.95. The van der Waals surface area contributed by atoms with E-state index in [4.69, 9.17) is 4.42 Å². The monoisotopic (exact) mass is 289 g/mol. The first-order chi connectivity index (χ1) is 7.56. The molecule has 5 nitrogen and oxygen atoms in total. The Labute approximate surface area is 101 Å². The molecule has 1 unspecified atom stereocenters. The Morgan fingerprint density at radius 1 is 1.62 bits per heavy atom. The van der Waals surface area contributed by atoms with E-state index in [9.17, 15) is 9.59 Å². The highest BCUT2D eigenvalue weighted by atomic mass is 79.9. The lowest BCUT2D eigenvalue weighted by Gasteiger charge is -2.08. The maximum Gasteiger partial charge on any atom is 0.321 e. The van der Waals surface area contributed by atoms with Gasteiger partial charge in [0.1, 0.15) is 4.83 Å². The Kier molecular flexibility index (Phi) is 4.54. The fourth-order valence-electron chi connectivity index (χ4n) is 1.08. The summed E-state index contributed by atoms with van der Waals surface area (Å²) < 4.78 is 9.50. The molecule has 0 aliphatic heterocycles. The molecule has 1 atom stereocenters. The van der Waals surface area contributed by atoms with Crippen LogP contribution in [-0.2, 0) is 9.53 Å². The van der Waals surface area contributed by atoms with E-state index in [2.05, 4.69) is 26.0 Å². The molecule has 1 N–H and O–H groups in total. The number of furan rings is 1. The van der Waals surface area contributed by atoms with Crippen LogP contribution in [0.1, 0.15) is 16.1 Å². The molecule has 0 spiro atoms. The van der Waals surface area contributed by atoms with Gasteiger partial charge < -0.3 is 14.5 Å². The largest absolute Gasteiger partial charge is 0.468 e. The van der Waals surface area contributed by atoms with E-state index >= 15 is 0 Å². The molecule has 6 heteroatoms. The van der Waals surface area contributed by atoms with Crippen LogP contribution in [0.5, 0.6) is 0 Å². The van der Waals surface area contributed by atoms with E-state index in [-0.39, 0.29) is 18.2 Å². The highest BCUT2D eigenvalue weighted by molar-refractivity contribution is 9.10. The van der Waals surface area contributed by atoms with Crippen molar-refractivity contribution in [3.8, 4) is 0 Å². The second-order valence-corrected chi connectivity index (χ2v) is 4.24. The number of carbonyl (C=O) groups is 2. The van der Waals surface area contributed by atoms with Crippen LogP contribution in [0, 0.1) is 6.92 Å². The quantitative estimate of drug-likeness (QED) is 0.669. The van der Waals surface area contributed by atoms with E-state index in [1.165, 1.54) is 13.4 Å². The molecule has 1 amide bonds. The van der Waals surface area contributed by atoms with Crippen LogP contribution in [0.15, 0.2) is 16.7 Å². The summed E-state index contributed by atoms with van der Waals surface area (Å²) in [4.78, 5) is 22.0. The SMILES string of the molecule is COC(=O)C(Br)CNC(=O)c1occc1C. The van der Waals surface area contributed by atoms with Crippen LogP contribution in [0.25, 0.3) is 0 Å². The van der Waals surface area contributed by atoms with E-state index in [0.717, 1.165) is 5.56 Å².